The van der Waals surface area contributed by atoms with Crippen LogP contribution in [-0.2, 0) is 13.1 Å². The molecule has 0 atom stereocenters. The van der Waals surface area contributed by atoms with E-state index < -0.39 is 0 Å². The Balaban J connectivity index is 1.50. The van der Waals surface area contributed by atoms with Gasteiger partial charge in [-0.1, -0.05) is 30.3 Å². The quantitative estimate of drug-likeness (QED) is 0.855. The molecule has 0 unspecified atom stereocenters. The molecule has 0 bridgehead atoms. The Bertz CT molecular complexity index is 605. The van der Waals surface area contributed by atoms with Gasteiger partial charge in [0.2, 0.25) is 0 Å². The van der Waals surface area contributed by atoms with Gasteiger partial charge in [0, 0.05) is 44.8 Å². The van der Waals surface area contributed by atoms with Gasteiger partial charge in [-0.15, -0.1) is 0 Å². The minimum atomic E-state index is -0.196. The van der Waals surface area contributed by atoms with E-state index in [1.165, 1.54) is 18.2 Å². The second kappa shape index (κ2) is 6.99. The molecule has 0 spiro atoms. The molecule has 1 fully saturated rings. The molecule has 1 aliphatic heterocycles. The van der Waals surface area contributed by atoms with Gasteiger partial charge in [0.1, 0.15) is 11.6 Å². The third-order valence-corrected chi connectivity index (χ3v) is 4.14. The fourth-order valence-corrected chi connectivity index (χ4v) is 2.82. The molecule has 22 heavy (non-hydrogen) atoms. The van der Waals surface area contributed by atoms with E-state index in [0.29, 0.717) is 6.54 Å². The first kappa shape index (κ1) is 15.1. The summed E-state index contributed by atoms with van der Waals surface area (Å²) < 4.78 is 26.6. The standard InChI is InChI=1S/C18H20F2N2/c19-17-7-5-15(6-8-17)13-21-9-11-22(12-10-21)14-16-3-1-2-4-18(16)20/h1-8H,9-14H2. The van der Waals surface area contributed by atoms with Crippen LogP contribution >= 0.6 is 0 Å². The first-order valence-electron chi connectivity index (χ1n) is 7.63. The van der Waals surface area contributed by atoms with Crippen molar-refractivity contribution >= 4 is 0 Å². The van der Waals surface area contributed by atoms with Gasteiger partial charge in [-0.05, 0) is 23.8 Å². The highest BCUT2D eigenvalue weighted by Crippen LogP contribution is 2.14. The van der Waals surface area contributed by atoms with Crippen molar-refractivity contribution in [1.29, 1.82) is 0 Å². The van der Waals surface area contributed by atoms with Crippen LogP contribution in [0.2, 0.25) is 0 Å². The Labute approximate surface area is 130 Å². The summed E-state index contributed by atoms with van der Waals surface area (Å²) in [4.78, 5) is 4.63. The van der Waals surface area contributed by atoms with Crippen molar-refractivity contribution in [2.24, 2.45) is 0 Å². The molecule has 2 aromatic rings. The van der Waals surface area contributed by atoms with E-state index in [1.807, 2.05) is 24.3 Å². The topological polar surface area (TPSA) is 6.48 Å². The SMILES string of the molecule is Fc1ccc(CN2CCN(Cc3ccccc3F)CC2)cc1. The van der Waals surface area contributed by atoms with Gasteiger partial charge in [-0.25, -0.2) is 8.78 Å². The molecule has 0 radical (unpaired) electrons. The number of hydrogen-bond acceptors (Lipinski definition) is 2. The highest BCUT2D eigenvalue weighted by molar-refractivity contribution is 5.17. The predicted octanol–water partition coefficient (Wildman–Crippen LogP) is 3.28. The van der Waals surface area contributed by atoms with Gasteiger partial charge < -0.3 is 0 Å². The summed E-state index contributed by atoms with van der Waals surface area (Å²) in [5.41, 5.74) is 1.89. The number of benzene rings is 2. The van der Waals surface area contributed by atoms with E-state index in [4.69, 9.17) is 0 Å². The van der Waals surface area contributed by atoms with Crippen LogP contribution in [0, 0.1) is 11.6 Å². The lowest BCUT2D eigenvalue weighted by Crippen LogP contribution is -2.45. The molecule has 0 amide bonds. The van der Waals surface area contributed by atoms with Gasteiger partial charge in [-0.2, -0.15) is 0 Å². The Morgan fingerprint density at radius 1 is 0.727 bits per heavy atom. The maximum Gasteiger partial charge on any atom is 0.127 e. The van der Waals surface area contributed by atoms with Crippen LogP contribution in [0.5, 0.6) is 0 Å². The molecule has 116 valence electrons. The molecular formula is C18H20F2N2. The fraction of sp³-hybridized carbons (Fsp3) is 0.333. The molecule has 2 nitrogen and oxygen atoms in total. The molecule has 2 aromatic carbocycles. The lowest BCUT2D eigenvalue weighted by Gasteiger charge is -2.34. The number of hydrogen-bond donors (Lipinski definition) is 0. The summed E-state index contributed by atoms with van der Waals surface area (Å²) >= 11 is 0. The Kier molecular flexibility index (Phi) is 4.80. The van der Waals surface area contributed by atoms with Crippen molar-refractivity contribution in [1.82, 2.24) is 9.80 Å². The summed E-state index contributed by atoms with van der Waals surface area (Å²) in [6.07, 6.45) is 0. The van der Waals surface area contributed by atoms with E-state index in [2.05, 4.69) is 9.80 Å². The van der Waals surface area contributed by atoms with Crippen molar-refractivity contribution in [3.05, 3.63) is 71.3 Å². The summed E-state index contributed by atoms with van der Waals surface area (Å²) in [7, 11) is 0. The smallest absolute Gasteiger partial charge is 0.127 e. The molecule has 0 N–H and O–H groups in total. The maximum atomic E-state index is 13.7. The molecular weight excluding hydrogens is 282 g/mol. The van der Waals surface area contributed by atoms with Gasteiger partial charge in [0.25, 0.3) is 0 Å². The Hall–Kier alpha value is -1.78. The third kappa shape index (κ3) is 3.90. The summed E-state index contributed by atoms with van der Waals surface area (Å²) in [6.45, 7) is 5.26. The van der Waals surface area contributed by atoms with Gasteiger partial charge in [0.05, 0.1) is 0 Å². The average Bonchev–Trinajstić information content (AvgIpc) is 2.54. The average molecular weight is 302 g/mol. The van der Waals surface area contributed by atoms with Gasteiger partial charge >= 0.3 is 0 Å². The Morgan fingerprint density at radius 2 is 1.32 bits per heavy atom. The minimum absolute atomic E-state index is 0.128. The lowest BCUT2D eigenvalue weighted by atomic mass is 10.1. The van der Waals surface area contributed by atoms with Crippen molar-refractivity contribution < 1.29 is 8.78 Å². The zero-order valence-electron chi connectivity index (χ0n) is 12.5. The van der Waals surface area contributed by atoms with Crippen LogP contribution in [0.15, 0.2) is 48.5 Å². The molecule has 3 rings (SSSR count). The number of rotatable bonds is 4. The van der Waals surface area contributed by atoms with Crippen molar-refractivity contribution in [3.8, 4) is 0 Å². The first-order valence-corrected chi connectivity index (χ1v) is 7.63. The normalized spacial score (nSPS) is 16.8. The van der Waals surface area contributed by atoms with Crippen molar-refractivity contribution in [2.45, 2.75) is 13.1 Å². The number of nitrogens with zero attached hydrogens (tertiary/aromatic N) is 2. The van der Waals surface area contributed by atoms with Crippen LogP contribution in [0.3, 0.4) is 0 Å². The molecule has 1 heterocycles. The van der Waals surface area contributed by atoms with Crippen molar-refractivity contribution in [3.63, 3.8) is 0 Å². The fourth-order valence-electron chi connectivity index (χ4n) is 2.82. The predicted molar refractivity (Wildman–Crippen MR) is 83.4 cm³/mol. The van der Waals surface area contributed by atoms with Crippen LogP contribution in [0.25, 0.3) is 0 Å². The lowest BCUT2D eigenvalue weighted by molar-refractivity contribution is 0.121. The first-order chi connectivity index (χ1) is 10.7. The molecule has 0 aliphatic carbocycles. The number of halogens is 2. The van der Waals surface area contributed by atoms with Crippen LogP contribution < -0.4 is 0 Å². The van der Waals surface area contributed by atoms with E-state index in [-0.39, 0.29) is 11.6 Å². The van der Waals surface area contributed by atoms with E-state index in [0.717, 1.165) is 43.9 Å². The van der Waals surface area contributed by atoms with E-state index in [1.54, 1.807) is 6.07 Å². The molecule has 0 aromatic heterocycles. The van der Waals surface area contributed by atoms with Gasteiger partial charge in [-0.3, -0.25) is 9.80 Å². The van der Waals surface area contributed by atoms with Crippen molar-refractivity contribution in [2.75, 3.05) is 26.2 Å². The molecule has 1 aliphatic rings. The highest BCUT2D eigenvalue weighted by atomic mass is 19.1. The molecule has 0 saturated carbocycles. The van der Waals surface area contributed by atoms with Gasteiger partial charge in [0.15, 0.2) is 0 Å². The third-order valence-electron chi connectivity index (χ3n) is 4.14. The minimum Gasteiger partial charge on any atom is -0.297 e. The molecule has 4 heteroatoms. The number of piperazine rings is 1. The second-order valence-corrected chi connectivity index (χ2v) is 5.77. The molecule has 1 saturated heterocycles. The Morgan fingerprint density at radius 3 is 1.95 bits per heavy atom. The maximum absolute atomic E-state index is 13.7. The summed E-state index contributed by atoms with van der Waals surface area (Å²) in [6, 6.07) is 13.6. The second-order valence-electron chi connectivity index (χ2n) is 5.77. The zero-order valence-corrected chi connectivity index (χ0v) is 12.5. The monoisotopic (exact) mass is 302 g/mol. The van der Waals surface area contributed by atoms with Crippen LogP contribution in [0.4, 0.5) is 8.78 Å². The van der Waals surface area contributed by atoms with Crippen LogP contribution in [0.1, 0.15) is 11.1 Å². The largest absolute Gasteiger partial charge is 0.297 e. The zero-order chi connectivity index (χ0) is 15.4. The van der Waals surface area contributed by atoms with Crippen LogP contribution in [-0.4, -0.2) is 36.0 Å². The van der Waals surface area contributed by atoms with E-state index in [9.17, 15) is 8.78 Å². The highest BCUT2D eigenvalue weighted by Gasteiger charge is 2.18. The summed E-state index contributed by atoms with van der Waals surface area (Å²) in [5, 5.41) is 0. The summed E-state index contributed by atoms with van der Waals surface area (Å²) in [5.74, 6) is -0.324. The van der Waals surface area contributed by atoms with E-state index >= 15 is 0 Å².